The first-order chi connectivity index (χ1) is 11.0. The van der Waals surface area contributed by atoms with Crippen molar-refractivity contribution in [1.29, 1.82) is 0 Å². The van der Waals surface area contributed by atoms with E-state index in [0.29, 0.717) is 0 Å². The summed E-state index contributed by atoms with van der Waals surface area (Å²) in [6, 6.07) is 8.76. The minimum atomic E-state index is 0.921. The predicted octanol–water partition coefficient (Wildman–Crippen LogP) is 4.40. The average Bonchev–Trinajstić information content (AvgIpc) is 3.01. The van der Waals surface area contributed by atoms with E-state index < -0.39 is 0 Å². The Bertz CT molecular complexity index is 944. The molecule has 0 spiro atoms. The Labute approximate surface area is 137 Å². The Balaban J connectivity index is 2.04. The number of benzene rings is 2. The molecule has 1 aliphatic carbocycles. The van der Waals surface area contributed by atoms with E-state index in [-0.39, 0.29) is 0 Å². The maximum Gasteiger partial charge on any atom is 0.0415 e. The van der Waals surface area contributed by atoms with Gasteiger partial charge in [0.25, 0.3) is 0 Å². The van der Waals surface area contributed by atoms with Crippen LogP contribution >= 0.6 is 0 Å². The van der Waals surface area contributed by atoms with Gasteiger partial charge in [-0.25, -0.2) is 0 Å². The monoisotopic (exact) mass is 300 g/mol. The molecule has 0 radical (unpaired) electrons. The number of nitrogens with zero attached hydrogens (tertiary/aromatic N) is 1. The Morgan fingerprint density at radius 1 is 1.17 bits per heavy atom. The third-order valence-corrected chi connectivity index (χ3v) is 5.13. The first-order valence-electron chi connectivity index (χ1n) is 7.81. The molecule has 0 unspecified atom stereocenters. The maximum atomic E-state index is 4.28. The molecule has 2 nitrogen and oxygen atoms in total. The molecule has 0 saturated heterocycles. The maximum absolute atomic E-state index is 4.28. The van der Waals surface area contributed by atoms with Crippen LogP contribution in [0.5, 0.6) is 0 Å². The second-order valence-electron chi connectivity index (χ2n) is 6.25. The molecule has 23 heavy (non-hydrogen) atoms. The Morgan fingerprint density at radius 2 is 1.91 bits per heavy atom. The number of hydrogen-bond donors (Lipinski definition) is 1. The average molecular weight is 300 g/mol. The molecule has 0 saturated carbocycles. The molecule has 2 heteroatoms. The number of hydrogen-bond acceptors (Lipinski definition) is 2. The number of rotatable bonds is 2. The van der Waals surface area contributed by atoms with Gasteiger partial charge in [0.15, 0.2) is 0 Å². The molecule has 2 aromatic carbocycles. The topological polar surface area (TPSA) is 15.3 Å². The summed E-state index contributed by atoms with van der Waals surface area (Å²) >= 11 is 0. The lowest BCUT2D eigenvalue weighted by Gasteiger charge is -2.32. The first kappa shape index (κ1) is 13.9. The van der Waals surface area contributed by atoms with Gasteiger partial charge >= 0.3 is 0 Å². The fourth-order valence-corrected chi connectivity index (χ4v) is 3.67. The van der Waals surface area contributed by atoms with Crippen LogP contribution in [0.4, 0.5) is 0 Å². The molecule has 1 N–H and O–H groups in total. The smallest absolute Gasteiger partial charge is 0.0415 e. The van der Waals surface area contributed by atoms with Crippen LogP contribution in [0.1, 0.15) is 22.3 Å². The van der Waals surface area contributed by atoms with Gasteiger partial charge in [-0.2, -0.15) is 0 Å². The van der Waals surface area contributed by atoms with Crippen LogP contribution in [-0.4, -0.2) is 19.0 Å². The Morgan fingerprint density at radius 3 is 2.65 bits per heavy atom. The lowest BCUT2D eigenvalue weighted by Crippen LogP contribution is -2.19. The van der Waals surface area contributed by atoms with Crippen molar-refractivity contribution in [3.8, 4) is 0 Å². The number of allylic oxidation sites excluding steroid dienone is 1. The van der Waals surface area contributed by atoms with Crippen molar-refractivity contribution in [1.82, 2.24) is 10.2 Å². The van der Waals surface area contributed by atoms with Crippen molar-refractivity contribution in [2.24, 2.45) is 0 Å². The van der Waals surface area contributed by atoms with Crippen LogP contribution in [0.2, 0.25) is 0 Å². The van der Waals surface area contributed by atoms with Gasteiger partial charge in [-0.1, -0.05) is 37.9 Å². The summed E-state index contributed by atoms with van der Waals surface area (Å²) in [5.74, 6) is 0. The summed E-state index contributed by atoms with van der Waals surface area (Å²) in [5.41, 5.74) is 9.33. The normalized spacial score (nSPS) is 15.7. The van der Waals surface area contributed by atoms with Gasteiger partial charge in [0, 0.05) is 54.1 Å². The Hall–Kier alpha value is -2.74. The molecular formula is C21H20N2. The molecule has 2 aliphatic rings. The van der Waals surface area contributed by atoms with Crippen molar-refractivity contribution in [2.45, 2.75) is 6.42 Å². The van der Waals surface area contributed by atoms with E-state index in [9.17, 15) is 0 Å². The summed E-state index contributed by atoms with van der Waals surface area (Å²) in [4.78, 5) is 2.08. The fourth-order valence-electron chi connectivity index (χ4n) is 3.67. The predicted molar refractivity (Wildman–Crippen MR) is 99.7 cm³/mol. The summed E-state index contributed by atoms with van der Waals surface area (Å²) in [6.45, 7) is 12.6. The van der Waals surface area contributed by atoms with E-state index in [1.807, 2.05) is 14.1 Å². The Kier molecular flexibility index (Phi) is 2.79. The SMILES string of the molecule is C=C(NC)C1=Cc2cc3c4c(cccc4c2C1)C(=C)N(C)C3=C. The number of fused-ring (bicyclic) bond motifs is 2. The highest BCUT2D eigenvalue weighted by Gasteiger charge is 2.26. The van der Waals surface area contributed by atoms with Crippen LogP contribution < -0.4 is 5.32 Å². The molecule has 0 fully saturated rings. The lowest BCUT2D eigenvalue weighted by molar-refractivity contribution is 0.685. The van der Waals surface area contributed by atoms with Gasteiger partial charge in [0.05, 0.1) is 0 Å². The van der Waals surface area contributed by atoms with E-state index in [1.54, 1.807) is 0 Å². The second-order valence-corrected chi connectivity index (χ2v) is 6.25. The van der Waals surface area contributed by atoms with E-state index in [1.165, 1.54) is 38.6 Å². The van der Waals surface area contributed by atoms with Crippen molar-refractivity contribution in [3.05, 3.63) is 77.5 Å². The van der Waals surface area contributed by atoms with Crippen LogP contribution in [0.15, 0.2) is 55.3 Å². The van der Waals surface area contributed by atoms with Crippen LogP contribution in [0.25, 0.3) is 28.2 Å². The molecule has 114 valence electrons. The van der Waals surface area contributed by atoms with E-state index >= 15 is 0 Å². The minimum Gasteiger partial charge on any atom is -0.388 e. The zero-order chi connectivity index (χ0) is 16.3. The summed E-state index contributed by atoms with van der Waals surface area (Å²) in [6.07, 6.45) is 3.16. The number of likely N-dealkylation sites (N-methyl/N-ethyl adjacent to an activating group) is 1. The number of nitrogens with one attached hydrogen (secondary N) is 1. The highest BCUT2D eigenvalue weighted by atomic mass is 15.1. The molecule has 4 rings (SSSR count). The minimum absolute atomic E-state index is 0.921. The highest BCUT2D eigenvalue weighted by Crippen LogP contribution is 2.44. The fraction of sp³-hybridized carbons (Fsp3) is 0.143. The highest BCUT2D eigenvalue weighted by molar-refractivity contribution is 6.08. The van der Waals surface area contributed by atoms with Gasteiger partial charge in [0.2, 0.25) is 0 Å². The zero-order valence-corrected chi connectivity index (χ0v) is 13.7. The van der Waals surface area contributed by atoms with E-state index in [4.69, 9.17) is 0 Å². The van der Waals surface area contributed by atoms with Gasteiger partial charge < -0.3 is 10.2 Å². The summed E-state index contributed by atoms with van der Waals surface area (Å²) in [5, 5.41) is 5.75. The van der Waals surface area contributed by atoms with Gasteiger partial charge in [-0.3, -0.25) is 0 Å². The third-order valence-electron chi connectivity index (χ3n) is 5.13. The van der Waals surface area contributed by atoms with Crippen molar-refractivity contribution in [2.75, 3.05) is 14.1 Å². The van der Waals surface area contributed by atoms with Gasteiger partial charge in [-0.15, -0.1) is 0 Å². The van der Waals surface area contributed by atoms with Gasteiger partial charge in [-0.05, 0) is 34.2 Å². The molecule has 2 aromatic rings. The quantitative estimate of drug-likeness (QED) is 0.884. The molecule has 0 bridgehead atoms. The summed E-state index contributed by atoms with van der Waals surface area (Å²) in [7, 11) is 3.95. The van der Waals surface area contributed by atoms with Crippen molar-refractivity contribution < 1.29 is 0 Å². The van der Waals surface area contributed by atoms with Gasteiger partial charge in [0.1, 0.15) is 0 Å². The van der Waals surface area contributed by atoms with Crippen LogP contribution in [0.3, 0.4) is 0 Å². The van der Waals surface area contributed by atoms with E-state index in [0.717, 1.165) is 23.5 Å². The third kappa shape index (κ3) is 1.75. The molecule has 0 aromatic heterocycles. The lowest BCUT2D eigenvalue weighted by atomic mass is 9.87. The largest absolute Gasteiger partial charge is 0.388 e. The molecule has 1 heterocycles. The summed E-state index contributed by atoms with van der Waals surface area (Å²) < 4.78 is 0. The van der Waals surface area contributed by atoms with E-state index in [2.05, 4.69) is 60.3 Å². The first-order valence-corrected chi connectivity index (χ1v) is 7.81. The van der Waals surface area contributed by atoms with Crippen LogP contribution in [-0.2, 0) is 6.42 Å². The van der Waals surface area contributed by atoms with Crippen LogP contribution in [0, 0.1) is 0 Å². The molecular weight excluding hydrogens is 280 g/mol. The molecule has 0 amide bonds. The molecule has 1 aliphatic heterocycles. The van der Waals surface area contributed by atoms with Crippen molar-refractivity contribution >= 4 is 28.2 Å². The molecule has 0 atom stereocenters. The second kappa shape index (κ2) is 4.63. The standard InChI is InChI=1S/C21H20N2/c1-12(22-4)15-9-16-11-19-14(3)23(5)13(2)17-7-6-8-18(21(17)19)20(16)10-15/h6-9,11,22H,1-3,10H2,4-5H3. The van der Waals surface area contributed by atoms with Crippen molar-refractivity contribution in [3.63, 3.8) is 0 Å². The zero-order valence-electron chi connectivity index (χ0n) is 13.7.